The van der Waals surface area contributed by atoms with E-state index in [1.165, 1.54) is 0 Å². The van der Waals surface area contributed by atoms with Crippen LogP contribution in [0.25, 0.3) is 21.9 Å². The van der Waals surface area contributed by atoms with Gasteiger partial charge in [-0.25, -0.2) is 9.78 Å². The van der Waals surface area contributed by atoms with Gasteiger partial charge in [0.15, 0.2) is 5.82 Å². The van der Waals surface area contributed by atoms with Gasteiger partial charge in [-0.3, -0.25) is 33.6 Å². The molecule has 2 amide bonds. The molecule has 17 heteroatoms. The summed E-state index contributed by atoms with van der Waals surface area (Å²) in [4.78, 5) is 54.0. The zero-order chi connectivity index (χ0) is 40.2. The summed E-state index contributed by atoms with van der Waals surface area (Å²) in [6, 6.07) is 12.2. The van der Waals surface area contributed by atoms with E-state index in [1.807, 2.05) is 43.0 Å². The molecule has 3 fully saturated rings. The van der Waals surface area contributed by atoms with Gasteiger partial charge in [0.2, 0.25) is 17.8 Å². The van der Waals surface area contributed by atoms with Gasteiger partial charge in [-0.05, 0) is 75.9 Å². The fourth-order valence-electron chi connectivity index (χ4n) is 8.29. The summed E-state index contributed by atoms with van der Waals surface area (Å²) in [6.07, 6.45) is 4.22. The number of aliphatic hydroxyl groups excluding tert-OH is 1. The van der Waals surface area contributed by atoms with Crippen molar-refractivity contribution in [2.45, 2.75) is 82.7 Å². The van der Waals surface area contributed by atoms with Crippen molar-refractivity contribution in [1.29, 1.82) is 0 Å². The number of rotatable bonds is 12. The summed E-state index contributed by atoms with van der Waals surface area (Å²) in [5, 5.41) is 32.0. The van der Waals surface area contributed by atoms with Crippen LogP contribution in [0.2, 0.25) is 5.02 Å². The fraction of sp³-hybridized carbons (Fsp3) is 0.500. The summed E-state index contributed by atoms with van der Waals surface area (Å²) in [6.45, 7) is 7.84. The van der Waals surface area contributed by atoms with Crippen molar-refractivity contribution >= 4 is 68.5 Å². The van der Waals surface area contributed by atoms with Crippen molar-refractivity contribution in [3.63, 3.8) is 0 Å². The molecule has 4 N–H and O–H groups in total. The number of nitrogens with one attached hydrogen (secondary N) is 2. The first kappa shape index (κ1) is 38.8. The molecule has 6 heterocycles. The predicted molar refractivity (Wildman–Crippen MR) is 219 cm³/mol. The second kappa shape index (κ2) is 15.4. The Labute approximate surface area is 335 Å². The quantitative estimate of drug-likeness (QED) is 0.136. The van der Waals surface area contributed by atoms with E-state index in [0.717, 1.165) is 53.6 Å². The minimum absolute atomic E-state index is 0.140. The summed E-state index contributed by atoms with van der Waals surface area (Å²) in [5.74, 6) is 0.0290. The Morgan fingerprint density at radius 1 is 0.982 bits per heavy atom. The Morgan fingerprint density at radius 2 is 1.74 bits per heavy atom. The van der Waals surface area contributed by atoms with E-state index in [0.29, 0.717) is 80.2 Å². The number of carbonyl (C=O) groups is 2. The Morgan fingerprint density at radius 3 is 2.46 bits per heavy atom. The van der Waals surface area contributed by atoms with Gasteiger partial charge >= 0.3 is 5.69 Å². The molecule has 0 radical (unpaired) electrons. The van der Waals surface area contributed by atoms with Gasteiger partial charge < -0.3 is 25.3 Å². The lowest BCUT2D eigenvalue weighted by Crippen LogP contribution is -2.51. The molecule has 0 saturated carbocycles. The van der Waals surface area contributed by atoms with Gasteiger partial charge in [0.1, 0.15) is 5.02 Å². The monoisotopic (exact) mass is 799 g/mol. The van der Waals surface area contributed by atoms with E-state index in [4.69, 9.17) is 21.7 Å². The molecule has 3 aromatic heterocycles. The number of aliphatic hydroxyl groups is 2. The topological polar surface area (TPSA) is 179 Å². The molecule has 3 aliphatic rings. The first-order chi connectivity index (χ1) is 27.2. The standard InChI is InChI=1S/C40H50ClN11O5/c1-40(2,57)13-16-51-33-19-24(5-9-31(33)52(39(51)56)18-17-49-22-27(53)23-49)43-36-30(41)21-42-38(45-36)47(3)25-11-14-50(15-12-25)26-6-7-28-32(20-26)48(4)46-35(28)29-8-10-34(54)44-37(29)55/h5-7,9,19-21,25,27,29,53,57H,8,10-18,22-23H2,1-4H3,(H,42,43,45)(H,44,54,55). The van der Waals surface area contributed by atoms with E-state index in [1.54, 1.807) is 29.2 Å². The van der Waals surface area contributed by atoms with Crippen LogP contribution in [0.3, 0.4) is 0 Å². The first-order valence-corrected chi connectivity index (χ1v) is 20.0. The lowest BCUT2D eigenvalue weighted by Gasteiger charge is -2.38. The van der Waals surface area contributed by atoms with Crippen LogP contribution in [0.1, 0.15) is 57.6 Å². The highest BCUT2D eigenvalue weighted by molar-refractivity contribution is 6.33. The number of imide groups is 1. The third kappa shape index (κ3) is 7.95. The minimum atomic E-state index is -0.940. The number of hydrogen-bond acceptors (Lipinski definition) is 12. The highest BCUT2D eigenvalue weighted by atomic mass is 35.5. The second-order valence-corrected chi connectivity index (χ2v) is 16.7. The van der Waals surface area contributed by atoms with Crippen LogP contribution >= 0.6 is 11.6 Å². The number of aryl methyl sites for hydroxylation is 2. The van der Waals surface area contributed by atoms with Crippen LogP contribution in [0.15, 0.2) is 47.4 Å². The average molecular weight is 800 g/mol. The summed E-state index contributed by atoms with van der Waals surface area (Å²) >= 11 is 6.65. The van der Waals surface area contributed by atoms with Gasteiger partial charge in [-0.15, -0.1) is 0 Å². The maximum atomic E-state index is 13.7. The molecule has 2 aromatic carbocycles. The second-order valence-electron chi connectivity index (χ2n) is 16.3. The zero-order valence-electron chi connectivity index (χ0n) is 32.8. The molecule has 302 valence electrons. The van der Waals surface area contributed by atoms with Gasteiger partial charge in [0.05, 0.1) is 46.1 Å². The zero-order valence-corrected chi connectivity index (χ0v) is 33.5. The molecule has 5 aromatic rings. The average Bonchev–Trinajstić information content (AvgIpc) is 3.63. The Hall–Kier alpha value is -5.03. The summed E-state index contributed by atoms with van der Waals surface area (Å²) in [7, 11) is 3.89. The number of amides is 2. The fourth-order valence-corrected chi connectivity index (χ4v) is 8.43. The smallest absolute Gasteiger partial charge is 0.329 e. The number of piperidine rings is 2. The molecule has 0 aliphatic carbocycles. The summed E-state index contributed by atoms with van der Waals surface area (Å²) < 4.78 is 5.29. The number of carbonyl (C=O) groups excluding carboxylic acids is 2. The Kier molecular flexibility index (Phi) is 10.5. The maximum Gasteiger partial charge on any atom is 0.329 e. The van der Waals surface area contributed by atoms with Crippen LogP contribution in [-0.4, -0.2) is 113 Å². The molecule has 3 aliphatic heterocycles. The third-order valence-corrected chi connectivity index (χ3v) is 11.9. The molecular weight excluding hydrogens is 750 g/mol. The molecule has 1 unspecified atom stereocenters. The number of anilines is 4. The molecule has 0 bridgehead atoms. The first-order valence-electron chi connectivity index (χ1n) is 19.7. The number of β-amino-alcohol motifs (C(OH)–C–C–N with tert-alkyl or cyclic N) is 1. The maximum absolute atomic E-state index is 13.7. The van der Waals surface area contributed by atoms with E-state index >= 15 is 0 Å². The Balaban J connectivity index is 0.955. The SMILES string of the molecule is CN(c1ncc(Cl)c(Nc2ccc3c(c2)n(CCC(C)(C)O)c(=O)n3CCN2CC(O)C2)n1)C1CCN(c2ccc3c(C4CCC(=O)NC4=O)nn(C)c3c2)CC1. The van der Waals surface area contributed by atoms with Gasteiger partial charge in [-0.1, -0.05) is 11.6 Å². The van der Waals surface area contributed by atoms with Crippen LogP contribution < -0.4 is 26.1 Å². The minimum Gasteiger partial charge on any atom is -0.390 e. The number of benzene rings is 2. The van der Waals surface area contributed by atoms with Crippen LogP contribution in [0, 0.1) is 0 Å². The van der Waals surface area contributed by atoms with Crippen molar-refractivity contribution in [2.75, 3.05) is 54.9 Å². The van der Waals surface area contributed by atoms with Crippen molar-refractivity contribution < 1.29 is 19.8 Å². The molecule has 0 spiro atoms. The van der Waals surface area contributed by atoms with Gasteiger partial charge in [-0.2, -0.15) is 10.1 Å². The number of aromatic nitrogens is 6. The van der Waals surface area contributed by atoms with Gasteiger partial charge in [0.25, 0.3) is 0 Å². The van der Waals surface area contributed by atoms with E-state index in [9.17, 15) is 24.6 Å². The number of likely N-dealkylation sites (tertiary alicyclic amines) is 1. The normalized spacial score (nSPS) is 18.7. The largest absolute Gasteiger partial charge is 0.390 e. The van der Waals surface area contributed by atoms with Crippen molar-refractivity contribution in [1.82, 2.24) is 39.1 Å². The molecule has 8 rings (SSSR count). The molecule has 3 saturated heterocycles. The highest BCUT2D eigenvalue weighted by Gasteiger charge is 2.32. The molecule has 16 nitrogen and oxygen atoms in total. The number of imidazole rings is 1. The number of fused-ring (bicyclic) bond motifs is 2. The molecule has 1 atom stereocenters. The van der Waals surface area contributed by atoms with E-state index < -0.39 is 11.5 Å². The van der Waals surface area contributed by atoms with E-state index in [-0.39, 0.29) is 29.6 Å². The highest BCUT2D eigenvalue weighted by Crippen LogP contribution is 2.34. The van der Waals surface area contributed by atoms with Crippen molar-refractivity contribution in [3.8, 4) is 0 Å². The number of hydrogen-bond donors (Lipinski definition) is 4. The third-order valence-electron chi connectivity index (χ3n) is 11.7. The molecule has 57 heavy (non-hydrogen) atoms. The van der Waals surface area contributed by atoms with Gasteiger partial charge in [0, 0.05) is 89.1 Å². The van der Waals surface area contributed by atoms with Crippen molar-refractivity contribution in [3.05, 3.63) is 63.8 Å². The van der Waals surface area contributed by atoms with Crippen LogP contribution in [-0.2, 0) is 29.7 Å². The Bertz CT molecular complexity index is 2390. The summed E-state index contributed by atoms with van der Waals surface area (Å²) in [5.41, 5.74) is 3.90. The lowest BCUT2D eigenvalue weighted by atomic mass is 9.92. The lowest BCUT2D eigenvalue weighted by molar-refractivity contribution is -0.134. The van der Waals surface area contributed by atoms with Crippen LogP contribution in [0.4, 0.5) is 23.1 Å². The predicted octanol–water partition coefficient (Wildman–Crippen LogP) is 3.34. The number of halogens is 1. The van der Waals surface area contributed by atoms with Crippen LogP contribution in [0.5, 0.6) is 0 Å². The van der Waals surface area contributed by atoms with Crippen molar-refractivity contribution in [2.24, 2.45) is 7.05 Å². The number of nitrogens with zero attached hydrogens (tertiary/aromatic N) is 9. The van der Waals surface area contributed by atoms with E-state index in [2.05, 4.69) is 42.5 Å². The molecular formula is C40H50ClN11O5.